The Morgan fingerprint density at radius 3 is 2.32 bits per heavy atom. The molecule has 4 nitrogen and oxygen atoms in total. The van der Waals surface area contributed by atoms with Gasteiger partial charge in [0.2, 0.25) is 5.91 Å². The van der Waals surface area contributed by atoms with Crippen molar-refractivity contribution >= 4 is 33.5 Å². The number of aryl methyl sites for hydroxylation is 2. The molecule has 1 amide bonds. The SMILES string of the molecule is Cc1ccc(C[C@@H](C(=O)O)[C@H](C)C(=O)Nc2ccc(C)c(Br)c2)cc1. The van der Waals surface area contributed by atoms with Crippen LogP contribution >= 0.6 is 15.9 Å². The first-order valence-corrected chi connectivity index (χ1v) is 8.92. The van der Waals surface area contributed by atoms with Crippen LogP contribution in [0.25, 0.3) is 0 Å². The first-order chi connectivity index (χ1) is 11.8. The second-order valence-electron chi connectivity index (χ2n) is 6.38. The average molecular weight is 404 g/mol. The van der Waals surface area contributed by atoms with E-state index < -0.39 is 17.8 Å². The van der Waals surface area contributed by atoms with E-state index >= 15 is 0 Å². The van der Waals surface area contributed by atoms with Crippen LogP contribution in [0.5, 0.6) is 0 Å². The fourth-order valence-electron chi connectivity index (χ4n) is 2.57. The minimum absolute atomic E-state index is 0.296. The molecule has 132 valence electrons. The Bertz CT molecular complexity index is 771. The van der Waals surface area contributed by atoms with E-state index in [-0.39, 0.29) is 5.91 Å². The Kier molecular flexibility index (Phi) is 6.37. The predicted molar refractivity (Wildman–Crippen MR) is 103 cm³/mol. The maximum atomic E-state index is 12.5. The number of halogens is 1. The predicted octanol–water partition coefficient (Wildman–Crippen LogP) is 4.58. The zero-order chi connectivity index (χ0) is 18.6. The lowest BCUT2D eigenvalue weighted by Crippen LogP contribution is -2.33. The van der Waals surface area contributed by atoms with E-state index in [1.165, 1.54) is 0 Å². The molecule has 0 unspecified atom stereocenters. The Labute approximate surface area is 156 Å². The maximum absolute atomic E-state index is 12.5. The summed E-state index contributed by atoms with van der Waals surface area (Å²) in [6.07, 6.45) is 0.321. The van der Waals surface area contributed by atoms with Crippen LogP contribution in [-0.4, -0.2) is 17.0 Å². The molecule has 0 radical (unpaired) electrons. The number of hydrogen-bond acceptors (Lipinski definition) is 2. The number of benzene rings is 2. The fraction of sp³-hybridized carbons (Fsp3) is 0.300. The van der Waals surface area contributed by atoms with Gasteiger partial charge in [0.15, 0.2) is 0 Å². The number of nitrogens with one attached hydrogen (secondary N) is 1. The van der Waals surface area contributed by atoms with Crippen molar-refractivity contribution in [2.45, 2.75) is 27.2 Å². The molecular formula is C20H22BrNO3. The van der Waals surface area contributed by atoms with Crippen LogP contribution < -0.4 is 5.32 Å². The highest BCUT2D eigenvalue weighted by atomic mass is 79.9. The van der Waals surface area contributed by atoms with Crippen LogP contribution in [0.1, 0.15) is 23.6 Å². The highest BCUT2D eigenvalue weighted by molar-refractivity contribution is 9.10. The summed E-state index contributed by atoms with van der Waals surface area (Å²) < 4.78 is 0.896. The molecule has 2 rings (SSSR count). The molecular weight excluding hydrogens is 382 g/mol. The van der Waals surface area contributed by atoms with E-state index in [4.69, 9.17) is 0 Å². The van der Waals surface area contributed by atoms with Crippen LogP contribution in [0.2, 0.25) is 0 Å². The zero-order valence-electron chi connectivity index (χ0n) is 14.5. The van der Waals surface area contributed by atoms with Gasteiger partial charge >= 0.3 is 5.97 Å². The van der Waals surface area contributed by atoms with Gasteiger partial charge in [0.05, 0.1) is 5.92 Å². The van der Waals surface area contributed by atoms with Gasteiger partial charge in [-0.2, -0.15) is 0 Å². The van der Waals surface area contributed by atoms with E-state index in [1.54, 1.807) is 13.0 Å². The third-order valence-electron chi connectivity index (χ3n) is 4.35. The van der Waals surface area contributed by atoms with Crippen LogP contribution in [0.4, 0.5) is 5.69 Å². The van der Waals surface area contributed by atoms with Crippen molar-refractivity contribution in [2.24, 2.45) is 11.8 Å². The normalized spacial score (nSPS) is 13.1. The van der Waals surface area contributed by atoms with Crippen LogP contribution in [-0.2, 0) is 16.0 Å². The third-order valence-corrected chi connectivity index (χ3v) is 5.20. The van der Waals surface area contributed by atoms with E-state index in [2.05, 4.69) is 21.2 Å². The van der Waals surface area contributed by atoms with E-state index in [0.717, 1.165) is 21.2 Å². The molecule has 2 N–H and O–H groups in total. The van der Waals surface area contributed by atoms with Gasteiger partial charge in [0.1, 0.15) is 0 Å². The number of carbonyl (C=O) groups is 2. The van der Waals surface area contributed by atoms with E-state index in [0.29, 0.717) is 12.1 Å². The van der Waals surface area contributed by atoms with E-state index in [9.17, 15) is 14.7 Å². The summed E-state index contributed by atoms with van der Waals surface area (Å²) in [5.74, 6) is -2.70. The highest BCUT2D eigenvalue weighted by Gasteiger charge is 2.30. The smallest absolute Gasteiger partial charge is 0.307 e. The molecule has 0 saturated carbocycles. The summed E-state index contributed by atoms with van der Waals surface area (Å²) in [6, 6.07) is 13.2. The van der Waals surface area contributed by atoms with Crippen molar-refractivity contribution < 1.29 is 14.7 Å². The first kappa shape index (κ1) is 19.2. The minimum Gasteiger partial charge on any atom is -0.481 e. The Balaban J connectivity index is 2.11. The molecule has 0 aliphatic heterocycles. The Morgan fingerprint density at radius 2 is 1.76 bits per heavy atom. The average Bonchev–Trinajstić information content (AvgIpc) is 2.56. The minimum atomic E-state index is -0.965. The molecule has 0 bridgehead atoms. The zero-order valence-corrected chi connectivity index (χ0v) is 16.1. The second-order valence-corrected chi connectivity index (χ2v) is 7.23. The molecule has 5 heteroatoms. The molecule has 0 fully saturated rings. The van der Waals surface area contributed by atoms with Gasteiger partial charge in [-0.15, -0.1) is 0 Å². The molecule has 0 saturated heterocycles. The van der Waals surface area contributed by atoms with Crippen LogP contribution in [0.3, 0.4) is 0 Å². The Hall–Kier alpha value is -2.14. The lowest BCUT2D eigenvalue weighted by molar-refractivity contribution is -0.145. The second kappa shape index (κ2) is 8.30. The fourth-order valence-corrected chi connectivity index (χ4v) is 2.94. The number of amides is 1. The molecule has 0 aliphatic rings. The number of anilines is 1. The van der Waals surface area contributed by atoms with Crippen LogP contribution in [0, 0.1) is 25.7 Å². The molecule has 2 aromatic rings. The monoisotopic (exact) mass is 403 g/mol. The molecule has 2 atom stereocenters. The molecule has 0 aliphatic carbocycles. The summed E-state index contributed by atoms with van der Waals surface area (Å²) in [5.41, 5.74) is 3.74. The molecule has 0 aromatic heterocycles. The van der Waals surface area contributed by atoms with Gasteiger partial charge in [-0.25, -0.2) is 0 Å². The third kappa shape index (κ3) is 5.16. The summed E-state index contributed by atoms with van der Waals surface area (Å²) in [5, 5.41) is 12.4. The molecule has 0 spiro atoms. The standard InChI is InChI=1S/C20H22BrNO3/c1-12-4-7-15(8-5-12)10-17(20(24)25)14(3)19(23)22-16-9-6-13(2)18(21)11-16/h4-9,11,14,17H,10H2,1-3H3,(H,22,23)(H,24,25)/t14-,17+/m0/s1. The number of carboxylic acid groups (broad SMARTS) is 1. The van der Waals surface area contributed by atoms with Crippen molar-refractivity contribution in [1.82, 2.24) is 0 Å². The quantitative estimate of drug-likeness (QED) is 0.741. The van der Waals surface area contributed by atoms with Gasteiger partial charge in [-0.05, 0) is 43.5 Å². The van der Waals surface area contributed by atoms with E-state index in [1.807, 2.05) is 50.2 Å². The largest absolute Gasteiger partial charge is 0.481 e. The number of carboxylic acids is 1. The van der Waals surface area contributed by atoms with Crippen LogP contribution in [0.15, 0.2) is 46.9 Å². The first-order valence-electron chi connectivity index (χ1n) is 8.13. The summed E-state index contributed by atoms with van der Waals surface area (Å²) in [6.45, 7) is 5.60. The topological polar surface area (TPSA) is 66.4 Å². The van der Waals surface area contributed by atoms with Crippen molar-refractivity contribution in [3.63, 3.8) is 0 Å². The molecule has 0 heterocycles. The van der Waals surface area contributed by atoms with Crippen molar-refractivity contribution in [3.8, 4) is 0 Å². The summed E-state index contributed by atoms with van der Waals surface area (Å²) >= 11 is 3.43. The van der Waals surface area contributed by atoms with Crippen molar-refractivity contribution in [1.29, 1.82) is 0 Å². The number of aliphatic carboxylic acids is 1. The lowest BCUT2D eigenvalue weighted by Gasteiger charge is -2.20. The van der Waals surface area contributed by atoms with Gasteiger partial charge in [0.25, 0.3) is 0 Å². The number of hydrogen-bond donors (Lipinski definition) is 2. The molecule has 2 aromatic carbocycles. The summed E-state index contributed by atoms with van der Waals surface area (Å²) in [4.78, 5) is 24.2. The van der Waals surface area contributed by atoms with Gasteiger partial charge < -0.3 is 10.4 Å². The van der Waals surface area contributed by atoms with Crippen molar-refractivity contribution in [2.75, 3.05) is 5.32 Å². The Morgan fingerprint density at radius 1 is 1.12 bits per heavy atom. The van der Waals surface area contributed by atoms with Gasteiger partial charge in [0, 0.05) is 16.1 Å². The number of carbonyl (C=O) groups excluding carboxylic acids is 1. The molecule has 25 heavy (non-hydrogen) atoms. The lowest BCUT2D eigenvalue weighted by atomic mass is 9.87. The highest BCUT2D eigenvalue weighted by Crippen LogP contribution is 2.23. The van der Waals surface area contributed by atoms with Gasteiger partial charge in [-0.1, -0.05) is 58.7 Å². The van der Waals surface area contributed by atoms with Gasteiger partial charge in [-0.3, -0.25) is 9.59 Å². The number of rotatable bonds is 6. The summed E-state index contributed by atoms with van der Waals surface area (Å²) in [7, 11) is 0. The van der Waals surface area contributed by atoms with Crippen molar-refractivity contribution in [3.05, 3.63) is 63.6 Å². The maximum Gasteiger partial charge on any atom is 0.307 e.